The van der Waals surface area contributed by atoms with Crippen LogP contribution >= 0.6 is 11.6 Å². The maximum absolute atomic E-state index is 12.0. The summed E-state index contributed by atoms with van der Waals surface area (Å²) in [7, 11) is -3.49. The van der Waals surface area contributed by atoms with Gasteiger partial charge in [0, 0.05) is 23.7 Å². The number of nitrogens with one attached hydrogen (secondary N) is 1. The SMILES string of the molecule is O=[N+]([O-])c1ccc(CCNS(=O)(=O)Cc2ccccc2Cl)cc1. The highest BCUT2D eigenvalue weighted by molar-refractivity contribution is 7.88. The monoisotopic (exact) mass is 354 g/mol. The Morgan fingerprint density at radius 2 is 1.74 bits per heavy atom. The molecule has 0 saturated heterocycles. The first-order chi connectivity index (χ1) is 10.9. The van der Waals surface area contributed by atoms with Gasteiger partial charge >= 0.3 is 0 Å². The Labute approximate surface area is 139 Å². The van der Waals surface area contributed by atoms with Crippen LogP contribution in [0.25, 0.3) is 0 Å². The fourth-order valence-electron chi connectivity index (χ4n) is 2.01. The van der Waals surface area contributed by atoms with Crippen molar-refractivity contribution >= 4 is 27.3 Å². The number of benzene rings is 2. The molecule has 2 aromatic carbocycles. The summed E-state index contributed by atoms with van der Waals surface area (Å²) in [5, 5.41) is 11.0. The molecule has 23 heavy (non-hydrogen) atoms. The third-order valence-corrected chi connectivity index (χ3v) is 4.89. The molecule has 2 aromatic rings. The molecule has 0 saturated carbocycles. The van der Waals surface area contributed by atoms with Gasteiger partial charge in [0.05, 0.1) is 10.7 Å². The van der Waals surface area contributed by atoms with E-state index < -0.39 is 14.9 Å². The smallest absolute Gasteiger partial charge is 0.258 e. The summed E-state index contributed by atoms with van der Waals surface area (Å²) in [5.74, 6) is -0.188. The summed E-state index contributed by atoms with van der Waals surface area (Å²) < 4.78 is 26.6. The van der Waals surface area contributed by atoms with Crippen molar-refractivity contribution in [3.63, 3.8) is 0 Å². The average molecular weight is 355 g/mol. The predicted octanol–water partition coefficient (Wildman–Crippen LogP) is 2.91. The molecule has 0 aliphatic carbocycles. The molecule has 122 valence electrons. The molecule has 0 heterocycles. The Balaban J connectivity index is 1.90. The van der Waals surface area contributed by atoms with Crippen molar-refractivity contribution in [2.24, 2.45) is 0 Å². The quantitative estimate of drug-likeness (QED) is 0.611. The van der Waals surface area contributed by atoms with E-state index in [-0.39, 0.29) is 18.0 Å². The molecule has 0 aliphatic heterocycles. The number of rotatable bonds is 7. The third kappa shape index (κ3) is 5.31. The normalized spacial score (nSPS) is 11.3. The number of nitro benzene ring substituents is 1. The van der Waals surface area contributed by atoms with Gasteiger partial charge in [-0.1, -0.05) is 41.9 Å². The van der Waals surface area contributed by atoms with Crippen LogP contribution in [0.15, 0.2) is 48.5 Å². The first-order valence-corrected chi connectivity index (χ1v) is 8.84. The van der Waals surface area contributed by atoms with Crippen LogP contribution in [0.3, 0.4) is 0 Å². The Morgan fingerprint density at radius 3 is 2.35 bits per heavy atom. The lowest BCUT2D eigenvalue weighted by molar-refractivity contribution is -0.384. The molecule has 0 unspecified atom stereocenters. The van der Waals surface area contributed by atoms with Gasteiger partial charge < -0.3 is 0 Å². The number of hydrogen-bond donors (Lipinski definition) is 1. The number of non-ortho nitro benzene ring substituents is 1. The van der Waals surface area contributed by atoms with Crippen LogP contribution in [0.5, 0.6) is 0 Å². The molecule has 2 rings (SSSR count). The second-order valence-electron chi connectivity index (χ2n) is 4.92. The fraction of sp³-hybridized carbons (Fsp3) is 0.200. The lowest BCUT2D eigenvalue weighted by atomic mass is 10.1. The highest BCUT2D eigenvalue weighted by Crippen LogP contribution is 2.17. The molecule has 0 radical (unpaired) electrons. The summed E-state index contributed by atoms with van der Waals surface area (Å²) in [4.78, 5) is 10.1. The van der Waals surface area contributed by atoms with Crippen LogP contribution in [-0.4, -0.2) is 19.9 Å². The van der Waals surface area contributed by atoms with Gasteiger partial charge in [-0.2, -0.15) is 0 Å². The molecule has 0 spiro atoms. The van der Waals surface area contributed by atoms with Gasteiger partial charge in [-0.3, -0.25) is 10.1 Å². The van der Waals surface area contributed by atoms with E-state index in [0.29, 0.717) is 17.0 Å². The molecule has 0 aliphatic rings. The number of nitro groups is 1. The van der Waals surface area contributed by atoms with Crippen molar-refractivity contribution in [2.75, 3.05) is 6.54 Å². The zero-order chi connectivity index (χ0) is 16.9. The summed E-state index contributed by atoms with van der Waals surface area (Å²) in [6.07, 6.45) is 0.444. The minimum absolute atomic E-state index is 0.00745. The van der Waals surface area contributed by atoms with Gasteiger partial charge in [-0.25, -0.2) is 13.1 Å². The van der Waals surface area contributed by atoms with Crippen LogP contribution in [0.2, 0.25) is 5.02 Å². The average Bonchev–Trinajstić information content (AvgIpc) is 2.50. The van der Waals surface area contributed by atoms with E-state index in [1.54, 1.807) is 36.4 Å². The molecule has 8 heteroatoms. The molecular formula is C15H15ClN2O4S. The molecule has 0 amide bonds. The van der Waals surface area contributed by atoms with Gasteiger partial charge in [0.25, 0.3) is 5.69 Å². The number of halogens is 1. The van der Waals surface area contributed by atoms with E-state index in [1.807, 2.05) is 0 Å². The van der Waals surface area contributed by atoms with Crippen molar-refractivity contribution < 1.29 is 13.3 Å². The van der Waals surface area contributed by atoms with Crippen LogP contribution in [-0.2, 0) is 22.2 Å². The van der Waals surface area contributed by atoms with Crippen molar-refractivity contribution in [3.05, 3.63) is 74.8 Å². The topological polar surface area (TPSA) is 89.3 Å². The highest BCUT2D eigenvalue weighted by Gasteiger charge is 2.13. The molecule has 0 bridgehead atoms. The zero-order valence-electron chi connectivity index (χ0n) is 12.1. The minimum Gasteiger partial charge on any atom is -0.258 e. The molecular weight excluding hydrogens is 340 g/mol. The zero-order valence-corrected chi connectivity index (χ0v) is 13.7. The van der Waals surface area contributed by atoms with Crippen LogP contribution in [0.1, 0.15) is 11.1 Å². The second-order valence-corrected chi connectivity index (χ2v) is 7.13. The van der Waals surface area contributed by atoms with Gasteiger partial charge in [0.1, 0.15) is 0 Å². The van der Waals surface area contributed by atoms with E-state index in [9.17, 15) is 18.5 Å². The Hall–Kier alpha value is -1.96. The standard InChI is InChI=1S/C15H15ClN2O4S/c16-15-4-2-1-3-13(15)11-23(21,22)17-10-9-12-5-7-14(8-6-12)18(19)20/h1-8,17H,9-11H2. The summed E-state index contributed by atoms with van der Waals surface area (Å²) >= 11 is 5.95. The molecule has 1 N–H and O–H groups in total. The Morgan fingerprint density at radius 1 is 1.09 bits per heavy atom. The summed E-state index contributed by atoms with van der Waals surface area (Å²) in [6.45, 7) is 0.213. The van der Waals surface area contributed by atoms with Crippen molar-refractivity contribution in [2.45, 2.75) is 12.2 Å². The van der Waals surface area contributed by atoms with E-state index in [0.717, 1.165) is 5.56 Å². The number of nitrogens with zero attached hydrogens (tertiary/aromatic N) is 1. The van der Waals surface area contributed by atoms with E-state index in [2.05, 4.69) is 4.72 Å². The van der Waals surface area contributed by atoms with Crippen LogP contribution in [0, 0.1) is 10.1 Å². The van der Waals surface area contributed by atoms with Gasteiger partial charge in [-0.05, 0) is 23.6 Å². The summed E-state index contributed by atoms with van der Waals surface area (Å²) in [6, 6.07) is 12.8. The molecule has 0 fully saturated rings. The lowest BCUT2D eigenvalue weighted by Crippen LogP contribution is -2.27. The molecule has 0 atom stereocenters. The Kier molecular flexibility index (Phi) is 5.70. The first-order valence-electron chi connectivity index (χ1n) is 6.81. The van der Waals surface area contributed by atoms with E-state index in [4.69, 9.17) is 11.6 Å². The maximum atomic E-state index is 12.0. The van der Waals surface area contributed by atoms with Gasteiger partial charge in [0.15, 0.2) is 0 Å². The fourth-order valence-corrected chi connectivity index (χ4v) is 3.46. The lowest BCUT2D eigenvalue weighted by Gasteiger charge is -2.08. The van der Waals surface area contributed by atoms with Crippen molar-refractivity contribution in [1.29, 1.82) is 0 Å². The number of hydrogen-bond acceptors (Lipinski definition) is 4. The highest BCUT2D eigenvalue weighted by atomic mass is 35.5. The van der Waals surface area contributed by atoms with E-state index >= 15 is 0 Å². The molecule has 6 nitrogen and oxygen atoms in total. The number of sulfonamides is 1. The second kappa shape index (κ2) is 7.54. The van der Waals surface area contributed by atoms with Crippen molar-refractivity contribution in [1.82, 2.24) is 4.72 Å². The predicted molar refractivity (Wildman–Crippen MR) is 88.9 cm³/mol. The third-order valence-electron chi connectivity index (χ3n) is 3.19. The largest absolute Gasteiger partial charge is 0.269 e. The maximum Gasteiger partial charge on any atom is 0.269 e. The van der Waals surface area contributed by atoms with Crippen molar-refractivity contribution in [3.8, 4) is 0 Å². The van der Waals surface area contributed by atoms with Gasteiger partial charge in [-0.15, -0.1) is 0 Å². The van der Waals surface area contributed by atoms with Gasteiger partial charge in [0.2, 0.25) is 10.0 Å². The first kappa shape index (κ1) is 17.4. The van der Waals surface area contributed by atoms with E-state index in [1.165, 1.54) is 12.1 Å². The summed E-state index contributed by atoms with van der Waals surface area (Å²) in [5.41, 5.74) is 1.36. The van der Waals surface area contributed by atoms with Crippen LogP contribution in [0.4, 0.5) is 5.69 Å². The Bertz CT molecular complexity index is 791. The van der Waals surface area contributed by atoms with Crippen LogP contribution < -0.4 is 4.72 Å². The molecule has 0 aromatic heterocycles. The minimum atomic E-state index is -3.49.